The fourth-order valence-electron chi connectivity index (χ4n) is 3.27. The second kappa shape index (κ2) is 6.83. The summed E-state index contributed by atoms with van der Waals surface area (Å²) in [5, 5.41) is 6.47. The number of ether oxygens (including phenoxy) is 1. The molecule has 21 heavy (non-hydrogen) atoms. The zero-order chi connectivity index (χ0) is 14.5. The smallest absolute Gasteiger partial charge is 0.258 e. The molecule has 0 unspecified atom stereocenters. The van der Waals surface area contributed by atoms with Crippen molar-refractivity contribution >= 4 is 11.6 Å². The largest absolute Gasteiger partial charge is 0.483 e. The number of nitrogens with one attached hydrogen (secondary N) is 2. The van der Waals surface area contributed by atoms with Crippen molar-refractivity contribution < 1.29 is 9.53 Å². The van der Waals surface area contributed by atoms with Gasteiger partial charge in [-0.1, -0.05) is 25.3 Å². The highest BCUT2D eigenvalue weighted by molar-refractivity contribution is 5.78. The Labute approximate surface area is 126 Å². The van der Waals surface area contributed by atoms with E-state index < -0.39 is 0 Å². The fraction of sp³-hybridized carbons (Fsp3) is 0.588. The van der Waals surface area contributed by atoms with E-state index in [9.17, 15) is 4.79 Å². The molecule has 3 rings (SSSR count). The lowest BCUT2D eigenvalue weighted by Gasteiger charge is -2.23. The minimum atomic E-state index is 0.00303. The second-order valence-corrected chi connectivity index (χ2v) is 6.00. The number of rotatable bonds is 4. The number of hydrogen-bond donors (Lipinski definition) is 2. The number of fused-ring (bicyclic) bond motifs is 1. The highest BCUT2D eigenvalue weighted by Gasteiger charge is 2.17. The topological polar surface area (TPSA) is 50.4 Å². The van der Waals surface area contributed by atoms with Crippen molar-refractivity contribution in [3.05, 3.63) is 23.8 Å². The van der Waals surface area contributed by atoms with Gasteiger partial charge in [0.2, 0.25) is 0 Å². The lowest BCUT2D eigenvalue weighted by molar-refractivity contribution is -0.124. The summed E-state index contributed by atoms with van der Waals surface area (Å²) >= 11 is 0. The van der Waals surface area contributed by atoms with Crippen LogP contribution < -0.4 is 15.4 Å². The average Bonchev–Trinajstić information content (AvgIpc) is 2.54. The minimum Gasteiger partial charge on any atom is -0.483 e. The van der Waals surface area contributed by atoms with Crippen LogP contribution in [0.4, 0.5) is 5.69 Å². The average molecular weight is 288 g/mol. The van der Waals surface area contributed by atoms with Crippen molar-refractivity contribution in [1.82, 2.24) is 5.32 Å². The first-order valence-corrected chi connectivity index (χ1v) is 8.11. The normalized spacial score (nSPS) is 18.5. The Balaban J connectivity index is 1.53. The lowest BCUT2D eigenvalue weighted by Crippen LogP contribution is -2.39. The van der Waals surface area contributed by atoms with Crippen molar-refractivity contribution in [2.24, 2.45) is 0 Å². The third kappa shape index (κ3) is 3.69. The molecule has 0 saturated heterocycles. The third-order valence-electron chi connectivity index (χ3n) is 4.38. The molecule has 1 amide bonds. The second-order valence-electron chi connectivity index (χ2n) is 6.00. The quantitative estimate of drug-likeness (QED) is 0.895. The predicted molar refractivity (Wildman–Crippen MR) is 83.8 cm³/mol. The zero-order valence-corrected chi connectivity index (χ0v) is 12.5. The molecule has 0 atom stereocenters. The molecule has 0 bridgehead atoms. The first-order chi connectivity index (χ1) is 10.3. The van der Waals surface area contributed by atoms with Gasteiger partial charge in [-0.15, -0.1) is 0 Å². The van der Waals surface area contributed by atoms with Crippen LogP contribution in [0.1, 0.15) is 44.1 Å². The molecule has 4 heteroatoms. The molecule has 114 valence electrons. The number of hydrogen-bond acceptors (Lipinski definition) is 3. The van der Waals surface area contributed by atoms with Crippen LogP contribution in [0.25, 0.3) is 0 Å². The first kappa shape index (κ1) is 14.2. The fourth-order valence-corrected chi connectivity index (χ4v) is 3.27. The number of anilines is 1. The number of carbonyl (C=O) groups is 1. The summed E-state index contributed by atoms with van der Waals surface area (Å²) < 4.78 is 5.76. The monoisotopic (exact) mass is 288 g/mol. The van der Waals surface area contributed by atoms with E-state index in [0.29, 0.717) is 6.04 Å². The zero-order valence-electron chi connectivity index (χ0n) is 12.5. The Bertz CT molecular complexity index is 496. The molecule has 1 aliphatic carbocycles. The van der Waals surface area contributed by atoms with Gasteiger partial charge in [0.25, 0.3) is 5.91 Å². The molecule has 1 aromatic carbocycles. The highest BCUT2D eigenvalue weighted by atomic mass is 16.5. The molecule has 1 aliphatic heterocycles. The van der Waals surface area contributed by atoms with Gasteiger partial charge in [0.15, 0.2) is 6.61 Å². The van der Waals surface area contributed by atoms with Gasteiger partial charge in [-0.05, 0) is 37.8 Å². The Hall–Kier alpha value is -1.71. The maximum absolute atomic E-state index is 12.0. The van der Waals surface area contributed by atoms with E-state index in [0.717, 1.165) is 43.7 Å². The van der Waals surface area contributed by atoms with Crippen molar-refractivity contribution in [2.75, 3.05) is 18.5 Å². The Morgan fingerprint density at radius 1 is 1.24 bits per heavy atom. The van der Waals surface area contributed by atoms with Crippen LogP contribution >= 0.6 is 0 Å². The molecule has 2 aliphatic rings. The molecule has 0 radical (unpaired) electrons. The van der Waals surface area contributed by atoms with E-state index in [-0.39, 0.29) is 12.5 Å². The SMILES string of the molecule is O=C(COc1cccc2c1CCCN2)NC1CCCCC1. The van der Waals surface area contributed by atoms with Gasteiger partial charge in [-0.3, -0.25) is 4.79 Å². The minimum absolute atomic E-state index is 0.00303. The maximum Gasteiger partial charge on any atom is 0.258 e. The van der Waals surface area contributed by atoms with Gasteiger partial charge >= 0.3 is 0 Å². The number of carbonyl (C=O) groups excluding carboxylic acids is 1. The molecule has 1 heterocycles. The van der Waals surface area contributed by atoms with Crippen LogP contribution in [0.5, 0.6) is 5.75 Å². The van der Waals surface area contributed by atoms with Crippen molar-refractivity contribution in [1.29, 1.82) is 0 Å². The van der Waals surface area contributed by atoms with Crippen LogP contribution in [0, 0.1) is 0 Å². The highest BCUT2D eigenvalue weighted by Crippen LogP contribution is 2.30. The standard InChI is InChI=1S/C17H24N2O2/c20-17(19-13-6-2-1-3-7-13)12-21-16-10-4-9-15-14(16)8-5-11-18-15/h4,9-10,13,18H,1-3,5-8,11-12H2,(H,19,20). The molecule has 2 N–H and O–H groups in total. The van der Waals surface area contributed by atoms with Crippen LogP contribution in [-0.4, -0.2) is 25.1 Å². The van der Waals surface area contributed by atoms with Crippen LogP contribution in [0.3, 0.4) is 0 Å². The molecule has 1 saturated carbocycles. The third-order valence-corrected chi connectivity index (χ3v) is 4.38. The van der Waals surface area contributed by atoms with E-state index in [2.05, 4.69) is 16.7 Å². The molecule has 1 aromatic rings. The Morgan fingerprint density at radius 2 is 2.10 bits per heavy atom. The Morgan fingerprint density at radius 3 is 2.95 bits per heavy atom. The summed E-state index contributed by atoms with van der Waals surface area (Å²) in [5.41, 5.74) is 2.35. The summed E-state index contributed by atoms with van der Waals surface area (Å²) in [7, 11) is 0. The van der Waals surface area contributed by atoms with E-state index in [4.69, 9.17) is 4.74 Å². The summed E-state index contributed by atoms with van der Waals surface area (Å²) in [6.45, 7) is 1.13. The van der Waals surface area contributed by atoms with E-state index in [1.165, 1.54) is 24.8 Å². The van der Waals surface area contributed by atoms with Gasteiger partial charge in [0.1, 0.15) is 5.75 Å². The van der Waals surface area contributed by atoms with Gasteiger partial charge in [-0.25, -0.2) is 0 Å². The van der Waals surface area contributed by atoms with Crippen molar-refractivity contribution in [2.45, 2.75) is 51.0 Å². The van der Waals surface area contributed by atoms with Gasteiger partial charge < -0.3 is 15.4 Å². The summed E-state index contributed by atoms with van der Waals surface area (Å²) in [6, 6.07) is 6.36. The summed E-state index contributed by atoms with van der Waals surface area (Å²) in [5.74, 6) is 0.849. The van der Waals surface area contributed by atoms with E-state index >= 15 is 0 Å². The molecule has 1 fully saturated rings. The molecular formula is C17H24N2O2. The maximum atomic E-state index is 12.0. The van der Waals surface area contributed by atoms with Gasteiger partial charge in [0.05, 0.1) is 0 Å². The molecule has 0 aromatic heterocycles. The van der Waals surface area contributed by atoms with E-state index in [1.807, 2.05) is 12.1 Å². The van der Waals surface area contributed by atoms with Gasteiger partial charge in [-0.2, -0.15) is 0 Å². The summed E-state index contributed by atoms with van der Waals surface area (Å²) in [4.78, 5) is 12.0. The van der Waals surface area contributed by atoms with Crippen molar-refractivity contribution in [3.8, 4) is 5.75 Å². The van der Waals surface area contributed by atoms with Gasteiger partial charge in [0, 0.05) is 23.8 Å². The number of amides is 1. The van der Waals surface area contributed by atoms with Crippen LogP contribution in [0.15, 0.2) is 18.2 Å². The molecule has 4 nitrogen and oxygen atoms in total. The molecule has 0 spiro atoms. The summed E-state index contributed by atoms with van der Waals surface area (Å²) in [6.07, 6.45) is 8.09. The lowest BCUT2D eigenvalue weighted by atomic mass is 9.95. The first-order valence-electron chi connectivity index (χ1n) is 8.11. The molecular weight excluding hydrogens is 264 g/mol. The number of benzene rings is 1. The van der Waals surface area contributed by atoms with E-state index in [1.54, 1.807) is 0 Å². The van der Waals surface area contributed by atoms with Crippen LogP contribution in [-0.2, 0) is 11.2 Å². The van der Waals surface area contributed by atoms with Crippen molar-refractivity contribution in [3.63, 3.8) is 0 Å². The Kier molecular flexibility index (Phi) is 4.63. The predicted octanol–water partition coefficient (Wildman–Crippen LogP) is 2.87. The van der Waals surface area contributed by atoms with Crippen LogP contribution in [0.2, 0.25) is 0 Å².